The molecule has 0 atom stereocenters. The van der Waals surface area contributed by atoms with Gasteiger partial charge in [-0.05, 0) is 12.8 Å². The van der Waals surface area contributed by atoms with E-state index < -0.39 is 0 Å². The van der Waals surface area contributed by atoms with Gasteiger partial charge >= 0.3 is 11.9 Å². The molecule has 0 saturated heterocycles. The molecule has 0 aliphatic rings. The van der Waals surface area contributed by atoms with Crippen molar-refractivity contribution in [2.75, 3.05) is 68.6 Å². The smallest absolute Gasteiger partial charge is 0.305 e. The Kier molecular flexibility index (Phi) is 24.2. The molecule has 0 rings (SSSR count). The van der Waals surface area contributed by atoms with Crippen LogP contribution in [-0.2, 0) is 19.1 Å². The highest BCUT2D eigenvalue weighted by Gasteiger charge is 2.10. The van der Waals surface area contributed by atoms with Crippen molar-refractivity contribution in [3.05, 3.63) is 0 Å². The number of esters is 2. The van der Waals surface area contributed by atoms with Gasteiger partial charge in [0.05, 0.1) is 42.3 Å². The van der Waals surface area contributed by atoms with Crippen molar-refractivity contribution in [1.29, 1.82) is 0 Å². The molecule has 188 valence electrons. The van der Waals surface area contributed by atoms with Crippen LogP contribution in [0.5, 0.6) is 0 Å². The molecule has 0 unspecified atom stereocenters. The molecule has 0 aromatic carbocycles. The average Bonchev–Trinajstić information content (AvgIpc) is 2.57. The van der Waals surface area contributed by atoms with Gasteiger partial charge in [0.1, 0.15) is 26.3 Å². The van der Waals surface area contributed by atoms with E-state index in [-0.39, 0.29) is 59.9 Å². The summed E-state index contributed by atoms with van der Waals surface area (Å²) in [5.74, 6) is -0.121. The molecule has 0 saturated carbocycles. The van der Waals surface area contributed by atoms with Gasteiger partial charge in [-0.15, -0.1) is 0 Å². The lowest BCUT2D eigenvalue weighted by molar-refractivity contribution is -0.870. The zero-order valence-corrected chi connectivity index (χ0v) is 25.2. The Balaban J connectivity index is -0.00000392. The van der Waals surface area contributed by atoms with Crippen molar-refractivity contribution in [2.45, 2.75) is 70.6 Å². The summed E-state index contributed by atoms with van der Waals surface area (Å²) < 4.78 is 12.2. The van der Waals surface area contributed by atoms with Crippen LogP contribution in [0.25, 0.3) is 0 Å². The number of hydrogen-bond acceptors (Lipinski definition) is 4. The van der Waals surface area contributed by atoms with Crippen LogP contribution in [0.2, 0.25) is 0 Å². The average molecular weight is 670 g/mol. The summed E-state index contributed by atoms with van der Waals surface area (Å²) in [6.07, 6.45) is 11.2. The van der Waals surface area contributed by atoms with Gasteiger partial charge in [0.2, 0.25) is 0 Å². The van der Waals surface area contributed by atoms with Gasteiger partial charge in [-0.2, -0.15) is 0 Å². The molecule has 0 radical (unpaired) electrons. The summed E-state index contributed by atoms with van der Waals surface area (Å²) in [7, 11) is 12.6. The van der Waals surface area contributed by atoms with Crippen LogP contribution in [0.1, 0.15) is 70.6 Å². The van der Waals surface area contributed by atoms with E-state index in [1.807, 2.05) is 0 Å². The fraction of sp³-hybridized carbons (Fsp3) is 0.913. The molecular weight excluding hydrogens is 622 g/mol. The summed E-state index contributed by atoms with van der Waals surface area (Å²) in [6, 6.07) is 0. The van der Waals surface area contributed by atoms with Crippen molar-refractivity contribution >= 4 is 11.9 Å². The molecule has 0 spiro atoms. The predicted octanol–water partition coefficient (Wildman–Crippen LogP) is -2.22. The van der Waals surface area contributed by atoms with Crippen molar-refractivity contribution in [1.82, 2.24) is 0 Å². The molecule has 0 aromatic rings. The van der Waals surface area contributed by atoms with Gasteiger partial charge in [-0.1, -0.05) is 44.9 Å². The van der Waals surface area contributed by atoms with E-state index in [0.717, 1.165) is 47.7 Å². The molecule has 0 aliphatic heterocycles. The molecule has 0 amide bonds. The highest BCUT2D eigenvalue weighted by atomic mass is 127. The first-order valence-electron chi connectivity index (χ1n) is 11.4. The van der Waals surface area contributed by atoms with E-state index in [9.17, 15) is 9.59 Å². The highest BCUT2D eigenvalue weighted by Crippen LogP contribution is 2.12. The molecule has 0 heterocycles. The largest absolute Gasteiger partial charge is 1.00 e. The number of hydrogen-bond donors (Lipinski definition) is 0. The minimum absolute atomic E-state index is 0. The van der Waals surface area contributed by atoms with Crippen LogP contribution in [0.3, 0.4) is 0 Å². The van der Waals surface area contributed by atoms with Gasteiger partial charge in [-0.3, -0.25) is 9.59 Å². The minimum atomic E-state index is -0.0607. The van der Waals surface area contributed by atoms with Crippen molar-refractivity contribution in [3.63, 3.8) is 0 Å². The third-order valence-corrected chi connectivity index (χ3v) is 4.81. The summed E-state index contributed by atoms with van der Waals surface area (Å²) in [4.78, 5) is 23.3. The molecule has 0 aliphatic carbocycles. The predicted molar refractivity (Wildman–Crippen MR) is 119 cm³/mol. The standard InChI is InChI=1S/C23H48N2O4.2HI/c1-24(2,3)18-20-28-22(26)16-14-12-10-8-7-9-11-13-15-17-23(27)29-21-19-25(4,5)6;;/h7-21H2,1-6H3;2*1H/q+2;;/p-2. The molecule has 0 fully saturated rings. The van der Waals surface area contributed by atoms with E-state index >= 15 is 0 Å². The lowest BCUT2D eigenvalue weighted by Gasteiger charge is -2.23. The van der Waals surface area contributed by atoms with Gasteiger partial charge in [0, 0.05) is 12.8 Å². The van der Waals surface area contributed by atoms with Crippen LogP contribution < -0.4 is 48.0 Å². The number of carbonyl (C=O) groups is 2. The van der Waals surface area contributed by atoms with Crippen LogP contribution in [-0.4, -0.2) is 89.5 Å². The Labute approximate surface area is 226 Å². The molecule has 0 aromatic heterocycles. The second kappa shape index (κ2) is 20.9. The summed E-state index contributed by atoms with van der Waals surface area (Å²) in [5.41, 5.74) is 0. The van der Waals surface area contributed by atoms with E-state index in [1.165, 1.54) is 32.1 Å². The summed E-state index contributed by atoms with van der Waals surface area (Å²) in [6.45, 7) is 2.72. The fourth-order valence-electron chi connectivity index (χ4n) is 2.79. The van der Waals surface area contributed by atoms with E-state index in [0.29, 0.717) is 26.1 Å². The molecule has 0 N–H and O–H groups in total. The number of unbranched alkanes of at least 4 members (excludes halogenated alkanes) is 8. The maximum atomic E-state index is 11.7. The molecule has 0 bridgehead atoms. The molecule has 6 nitrogen and oxygen atoms in total. The third-order valence-electron chi connectivity index (χ3n) is 4.81. The minimum Gasteiger partial charge on any atom is -1.00 e. The first-order chi connectivity index (χ1) is 13.5. The number of quaternary nitrogens is 2. The van der Waals surface area contributed by atoms with Crippen LogP contribution in [0, 0.1) is 0 Å². The van der Waals surface area contributed by atoms with Gasteiger partial charge < -0.3 is 66.4 Å². The van der Waals surface area contributed by atoms with Crippen molar-refractivity contribution in [3.8, 4) is 0 Å². The number of halogens is 2. The third kappa shape index (κ3) is 30.3. The zero-order chi connectivity index (χ0) is 22.2. The number of ether oxygens (including phenoxy) is 2. The van der Waals surface area contributed by atoms with Crippen molar-refractivity contribution < 1.29 is 76.0 Å². The van der Waals surface area contributed by atoms with Crippen LogP contribution >= 0.6 is 0 Å². The number of carbonyl (C=O) groups excluding carboxylic acids is 2. The van der Waals surface area contributed by atoms with E-state index in [4.69, 9.17) is 9.47 Å². The first kappa shape index (κ1) is 35.9. The topological polar surface area (TPSA) is 52.6 Å². The fourth-order valence-corrected chi connectivity index (χ4v) is 2.79. The number of rotatable bonds is 18. The number of nitrogens with zero attached hydrogens (tertiary/aromatic N) is 2. The van der Waals surface area contributed by atoms with Gasteiger partial charge in [0.25, 0.3) is 0 Å². The normalized spacial score (nSPS) is 11.3. The number of likely N-dealkylation sites (N-methyl/N-ethyl adjacent to an activating group) is 2. The summed E-state index contributed by atoms with van der Waals surface area (Å²) >= 11 is 0. The highest BCUT2D eigenvalue weighted by molar-refractivity contribution is 5.69. The van der Waals surface area contributed by atoms with Gasteiger partial charge in [0.15, 0.2) is 0 Å². The monoisotopic (exact) mass is 670 g/mol. The quantitative estimate of drug-likeness (QED) is 0.0719. The second-order valence-electron chi connectivity index (χ2n) is 10.2. The maximum absolute atomic E-state index is 11.7. The Bertz CT molecular complexity index is 410. The first-order valence-corrected chi connectivity index (χ1v) is 11.4. The Morgan fingerprint density at radius 2 is 0.774 bits per heavy atom. The lowest BCUT2D eigenvalue weighted by Crippen LogP contribution is -3.00. The van der Waals surface area contributed by atoms with Crippen LogP contribution in [0.15, 0.2) is 0 Å². The maximum Gasteiger partial charge on any atom is 0.305 e. The van der Waals surface area contributed by atoms with Crippen LogP contribution in [0.4, 0.5) is 0 Å². The van der Waals surface area contributed by atoms with E-state index in [1.54, 1.807) is 0 Å². The lowest BCUT2D eigenvalue weighted by atomic mass is 10.1. The van der Waals surface area contributed by atoms with Gasteiger partial charge in [-0.25, -0.2) is 0 Å². The Hall–Kier alpha value is 0.320. The molecular formula is C23H48I2N2O4. The Morgan fingerprint density at radius 1 is 0.516 bits per heavy atom. The summed E-state index contributed by atoms with van der Waals surface area (Å²) in [5, 5.41) is 0. The molecule has 31 heavy (non-hydrogen) atoms. The zero-order valence-electron chi connectivity index (χ0n) is 20.9. The Morgan fingerprint density at radius 3 is 1.03 bits per heavy atom. The van der Waals surface area contributed by atoms with E-state index in [2.05, 4.69) is 42.3 Å². The molecule has 8 heteroatoms. The van der Waals surface area contributed by atoms with Crippen molar-refractivity contribution in [2.24, 2.45) is 0 Å². The SMILES string of the molecule is C[N+](C)(C)CCOC(=O)CCCCCCCCCCCC(=O)OCC[N+](C)(C)C.[I-].[I-]. The second-order valence-corrected chi connectivity index (χ2v) is 10.2.